The van der Waals surface area contributed by atoms with Gasteiger partial charge in [0, 0.05) is 6.54 Å². The monoisotopic (exact) mass is 256 g/mol. The Labute approximate surface area is 116 Å². The van der Waals surface area contributed by atoms with Crippen LogP contribution in [-0.2, 0) is 0 Å². The van der Waals surface area contributed by atoms with Crippen molar-refractivity contribution >= 4 is 0 Å². The average molecular weight is 256 g/mol. The second-order valence-corrected chi connectivity index (χ2v) is 5.59. The molecule has 1 N–H and O–H groups in total. The molecule has 0 saturated heterocycles. The SMILES string of the molecule is N#CC(CNCCC1CCCCC1)c1ccccc1. The van der Waals surface area contributed by atoms with Crippen LogP contribution in [0.25, 0.3) is 0 Å². The Balaban J connectivity index is 1.68. The maximum absolute atomic E-state index is 9.24. The van der Waals surface area contributed by atoms with E-state index >= 15 is 0 Å². The van der Waals surface area contributed by atoms with Crippen LogP contribution in [0.4, 0.5) is 0 Å². The first kappa shape index (κ1) is 14.1. The van der Waals surface area contributed by atoms with Crippen molar-refractivity contribution in [2.24, 2.45) is 5.92 Å². The highest BCUT2D eigenvalue weighted by molar-refractivity contribution is 5.24. The number of nitriles is 1. The lowest BCUT2D eigenvalue weighted by Gasteiger charge is -2.21. The molecule has 1 aliphatic carbocycles. The van der Waals surface area contributed by atoms with Gasteiger partial charge in [0.25, 0.3) is 0 Å². The van der Waals surface area contributed by atoms with Crippen LogP contribution in [0.2, 0.25) is 0 Å². The highest BCUT2D eigenvalue weighted by Gasteiger charge is 2.13. The molecular formula is C17H24N2. The number of nitrogens with one attached hydrogen (secondary N) is 1. The van der Waals surface area contributed by atoms with Crippen molar-refractivity contribution < 1.29 is 0 Å². The Morgan fingerprint density at radius 3 is 2.58 bits per heavy atom. The quantitative estimate of drug-likeness (QED) is 0.785. The van der Waals surface area contributed by atoms with Gasteiger partial charge in [-0.25, -0.2) is 0 Å². The van der Waals surface area contributed by atoms with E-state index in [9.17, 15) is 5.26 Å². The van der Waals surface area contributed by atoms with Gasteiger partial charge < -0.3 is 5.32 Å². The van der Waals surface area contributed by atoms with E-state index in [1.807, 2.05) is 30.3 Å². The van der Waals surface area contributed by atoms with Gasteiger partial charge >= 0.3 is 0 Å². The highest BCUT2D eigenvalue weighted by atomic mass is 14.9. The van der Waals surface area contributed by atoms with Crippen molar-refractivity contribution in [3.05, 3.63) is 35.9 Å². The second-order valence-electron chi connectivity index (χ2n) is 5.59. The van der Waals surface area contributed by atoms with Crippen LogP contribution in [-0.4, -0.2) is 13.1 Å². The minimum absolute atomic E-state index is 0.0208. The van der Waals surface area contributed by atoms with Gasteiger partial charge in [-0.15, -0.1) is 0 Å². The summed E-state index contributed by atoms with van der Waals surface area (Å²) in [7, 11) is 0. The lowest BCUT2D eigenvalue weighted by Crippen LogP contribution is -2.24. The van der Waals surface area contributed by atoms with Crippen LogP contribution in [0.15, 0.2) is 30.3 Å². The third kappa shape index (κ3) is 4.69. The predicted molar refractivity (Wildman–Crippen MR) is 78.9 cm³/mol. The van der Waals surface area contributed by atoms with Crippen LogP contribution in [0.5, 0.6) is 0 Å². The van der Waals surface area contributed by atoms with Crippen molar-refractivity contribution in [3.8, 4) is 6.07 Å². The molecule has 0 spiro atoms. The fourth-order valence-corrected chi connectivity index (χ4v) is 2.95. The van der Waals surface area contributed by atoms with E-state index in [2.05, 4.69) is 11.4 Å². The first-order chi connectivity index (χ1) is 9.40. The lowest BCUT2D eigenvalue weighted by atomic mass is 9.87. The molecule has 2 nitrogen and oxygen atoms in total. The van der Waals surface area contributed by atoms with E-state index in [0.29, 0.717) is 0 Å². The number of nitrogens with zero attached hydrogens (tertiary/aromatic N) is 1. The maximum atomic E-state index is 9.24. The Kier molecular flexibility index (Phi) is 5.91. The largest absolute Gasteiger partial charge is 0.315 e. The Bertz CT molecular complexity index is 387. The zero-order chi connectivity index (χ0) is 13.3. The summed E-state index contributed by atoms with van der Waals surface area (Å²) in [5, 5.41) is 12.7. The molecule has 0 radical (unpaired) electrons. The smallest absolute Gasteiger partial charge is 0.0837 e. The molecule has 102 valence electrons. The summed E-state index contributed by atoms with van der Waals surface area (Å²) < 4.78 is 0. The van der Waals surface area contributed by atoms with Crippen LogP contribution < -0.4 is 5.32 Å². The van der Waals surface area contributed by atoms with Crippen LogP contribution >= 0.6 is 0 Å². The van der Waals surface area contributed by atoms with E-state index in [1.54, 1.807) is 0 Å². The lowest BCUT2D eigenvalue weighted by molar-refractivity contribution is 0.334. The van der Waals surface area contributed by atoms with Gasteiger partial charge in [0.15, 0.2) is 0 Å². The minimum atomic E-state index is -0.0208. The van der Waals surface area contributed by atoms with Crippen LogP contribution in [0, 0.1) is 17.2 Å². The zero-order valence-electron chi connectivity index (χ0n) is 11.6. The Hall–Kier alpha value is -1.33. The van der Waals surface area contributed by atoms with E-state index in [1.165, 1.54) is 38.5 Å². The molecule has 1 atom stereocenters. The number of benzene rings is 1. The van der Waals surface area contributed by atoms with Gasteiger partial charge in [-0.1, -0.05) is 62.4 Å². The summed E-state index contributed by atoms with van der Waals surface area (Å²) in [6, 6.07) is 12.5. The second kappa shape index (κ2) is 7.96. The topological polar surface area (TPSA) is 35.8 Å². The number of rotatable bonds is 6. The summed E-state index contributed by atoms with van der Waals surface area (Å²) in [4.78, 5) is 0. The molecular weight excluding hydrogens is 232 g/mol. The molecule has 0 aromatic heterocycles. The van der Waals surface area contributed by atoms with E-state index in [-0.39, 0.29) is 5.92 Å². The van der Waals surface area contributed by atoms with Crippen molar-refractivity contribution in [3.63, 3.8) is 0 Å². The summed E-state index contributed by atoms with van der Waals surface area (Å²) >= 11 is 0. The molecule has 2 heteroatoms. The first-order valence-corrected chi connectivity index (χ1v) is 7.55. The molecule has 0 heterocycles. The average Bonchev–Trinajstić information content (AvgIpc) is 2.49. The van der Waals surface area contributed by atoms with E-state index < -0.39 is 0 Å². The molecule has 19 heavy (non-hydrogen) atoms. The van der Waals surface area contributed by atoms with Gasteiger partial charge in [0.2, 0.25) is 0 Å². The molecule has 1 saturated carbocycles. The Morgan fingerprint density at radius 1 is 1.16 bits per heavy atom. The van der Waals surface area contributed by atoms with Crippen LogP contribution in [0.1, 0.15) is 50.0 Å². The molecule has 0 aliphatic heterocycles. The van der Waals surface area contributed by atoms with Crippen molar-refractivity contribution in [2.75, 3.05) is 13.1 Å². The number of hydrogen-bond acceptors (Lipinski definition) is 2. The molecule has 1 fully saturated rings. The van der Waals surface area contributed by atoms with Gasteiger partial charge in [-0.2, -0.15) is 5.26 Å². The van der Waals surface area contributed by atoms with Crippen molar-refractivity contribution in [1.29, 1.82) is 5.26 Å². The van der Waals surface area contributed by atoms with Gasteiger partial charge in [-0.3, -0.25) is 0 Å². The summed E-state index contributed by atoms with van der Waals surface area (Å²) in [5.41, 5.74) is 1.12. The number of hydrogen-bond donors (Lipinski definition) is 1. The van der Waals surface area contributed by atoms with Gasteiger partial charge in [-0.05, 0) is 24.4 Å². The molecule has 1 unspecified atom stereocenters. The van der Waals surface area contributed by atoms with Crippen LogP contribution in [0.3, 0.4) is 0 Å². The minimum Gasteiger partial charge on any atom is -0.315 e. The molecule has 1 aromatic carbocycles. The fourth-order valence-electron chi connectivity index (χ4n) is 2.95. The van der Waals surface area contributed by atoms with E-state index in [0.717, 1.165) is 24.6 Å². The first-order valence-electron chi connectivity index (χ1n) is 7.55. The summed E-state index contributed by atoms with van der Waals surface area (Å²) in [5.74, 6) is 0.895. The zero-order valence-corrected chi connectivity index (χ0v) is 11.6. The third-order valence-corrected chi connectivity index (χ3v) is 4.16. The highest BCUT2D eigenvalue weighted by Crippen LogP contribution is 2.25. The Morgan fingerprint density at radius 2 is 1.89 bits per heavy atom. The molecule has 1 aromatic rings. The molecule has 1 aliphatic rings. The normalized spacial score (nSPS) is 17.8. The predicted octanol–water partition coefficient (Wildman–Crippen LogP) is 3.85. The van der Waals surface area contributed by atoms with Crippen molar-refractivity contribution in [1.82, 2.24) is 5.32 Å². The third-order valence-electron chi connectivity index (χ3n) is 4.16. The summed E-state index contributed by atoms with van der Waals surface area (Å²) in [6.07, 6.45) is 8.33. The summed E-state index contributed by atoms with van der Waals surface area (Å²) in [6.45, 7) is 1.82. The van der Waals surface area contributed by atoms with Gasteiger partial charge in [0.1, 0.15) is 0 Å². The fraction of sp³-hybridized carbons (Fsp3) is 0.588. The molecule has 2 rings (SSSR count). The standard InChI is InChI=1S/C17H24N2/c18-13-17(16-9-5-2-6-10-16)14-19-12-11-15-7-3-1-4-8-15/h2,5-6,9-10,15,17,19H,1,3-4,7-8,11-12,14H2. The van der Waals surface area contributed by atoms with Crippen molar-refractivity contribution in [2.45, 2.75) is 44.4 Å². The molecule has 0 bridgehead atoms. The maximum Gasteiger partial charge on any atom is 0.0837 e. The molecule has 0 amide bonds. The van der Waals surface area contributed by atoms with E-state index in [4.69, 9.17) is 0 Å². The van der Waals surface area contributed by atoms with Gasteiger partial charge in [0.05, 0.1) is 12.0 Å².